The van der Waals surface area contributed by atoms with Gasteiger partial charge in [0, 0.05) is 5.56 Å². The number of carbonyl (C=O) groups excluding carboxylic acids is 2. The van der Waals surface area contributed by atoms with Gasteiger partial charge in [-0.05, 0) is 48.0 Å². The molecule has 12 nitrogen and oxygen atoms in total. The average Bonchev–Trinajstić information content (AvgIpc) is 3.27. The number of rotatable bonds is 8. The minimum Gasteiger partial charge on any atom is -0.495 e. The van der Waals surface area contributed by atoms with E-state index in [1.54, 1.807) is 23.8 Å². The number of hydrogen-bond donors (Lipinski definition) is 2. The van der Waals surface area contributed by atoms with Gasteiger partial charge < -0.3 is 15.2 Å². The third kappa shape index (κ3) is 5.60. The third-order valence-electron chi connectivity index (χ3n) is 4.40. The van der Waals surface area contributed by atoms with E-state index < -0.39 is 28.6 Å². The van der Waals surface area contributed by atoms with E-state index >= 15 is 0 Å². The van der Waals surface area contributed by atoms with Crippen molar-refractivity contribution >= 4 is 22.0 Å². The van der Waals surface area contributed by atoms with Gasteiger partial charge in [0.25, 0.3) is 15.9 Å². The summed E-state index contributed by atoms with van der Waals surface area (Å²) >= 11 is 0. The third-order valence-corrected chi connectivity index (χ3v) is 5.75. The lowest BCUT2D eigenvalue weighted by molar-refractivity contribution is -0.120. The van der Waals surface area contributed by atoms with E-state index in [1.165, 1.54) is 42.2 Å². The van der Waals surface area contributed by atoms with Gasteiger partial charge in [-0.15, -0.1) is 10.2 Å². The summed E-state index contributed by atoms with van der Waals surface area (Å²) in [4.78, 5) is 23.2. The molecule has 0 radical (unpaired) electrons. The van der Waals surface area contributed by atoms with Crippen molar-refractivity contribution in [2.24, 2.45) is 5.73 Å². The van der Waals surface area contributed by atoms with Crippen molar-refractivity contribution < 1.29 is 31.9 Å². The summed E-state index contributed by atoms with van der Waals surface area (Å²) in [5.74, 6) is -1.24. The molecule has 2 aromatic carbocycles. The second kappa shape index (κ2) is 9.60. The van der Waals surface area contributed by atoms with Crippen molar-refractivity contribution in [1.29, 1.82) is 0 Å². The Bertz CT molecular complexity index is 1280. The highest BCUT2D eigenvalue weighted by atomic mass is 32.2. The van der Waals surface area contributed by atoms with E-state index in [-0.39, 0.29) is 28.3 Å². The smallest absolute Gasteiger partial charge is 0.421 e. The molecule has 33 heavy (non-hydrogen) atoms. The van der Waals surface area contributed by atoms with Gasteiger partial charge in [0.1, 0.15) is 16.5 Å². The molecular formula is C19H19FN6O6S. The number of nitrogens with zero attached hydrogens (tertiary/aromatic N) is 4. The maximum atomic E-state index is 13.2. The Morgan fingerprint density at radius 1 is 1.21 bits per heavy atom. The number of hydrogen-bond acceptors (Lipinski definition) is 9. The fraction of sp³-hybridized carbons (Fsp3) is 0.211. The second-order valence-corrected chi connectivity index (χ2v) is 8.33. The number of amides is 2. The van der Waals surface area contributed by atoms with Crippen molar-refractivity contribution in [3.8, 4) is 17.1 Å². The Kier molecular flexibility index (Phi) is 6.86. The number of nitrogens with two attached hydrogens (primary N) is 1. The van der Waals surface area contributed by atoms with Gasteiger partial charge in [-0.3, -0.25) is 4.79 Å². The van der Waals surface area contributed by atoms with Gasteiger partial charge in [-0.25, -0.2) is 22.3 Å². The zero-order valence-electron chi connectivity index (χ0n) is 17.4. The Morgan fingerprint density at radius 3 is 2.55 bits per heavy atom. The maximum Gasteiger partial charge on any atom is 0.421 e. The number of tetrazole rings is 1. The normalized spacial score (nSPS) is 12.1. The SMILES string of the molecule is COc1cc(-c2nnn(C(C)c3ccc(F)cc3)n2)ccc1S(=O)(=O)NC(=O)OCC(N)=O. The van der Waals surface area contributed by atoms with Crippen LogP contribution in [0.2, 0.25) is 0 Å². The van der Waals surface area contributed by atoms with Crippen LogP contribution in [0.3, 0.4) is 0 Å². The minimum absolute atomic E-state index is 0.106. The fourth-order valence-corrected chi connectivity index (χ4v) is 3.78. The molecule has 14 heteroatoms. The topological polar surface area (TPSA) is 168 Å². The summed E-state index contributed by atoms with van der Waals surface area (Å²) in [6.07, 6.45) is -1.38. The predicted octanol–water partition coefficient (Wildman–Crippen LogP) is 0.997. The van der Waals surface area contributed by atoms with Crippen molar-refractivity contribution in [2.45, 2.75) is 17.9 Å². The number of carbonyl (C=O) groups is 2. The highest BCUT2D eigenvalue weighted by Gasteiger charge is 2.24. The lowest BCUT2D eigenvalue weighted by Gasteiger charge is -2.11. The maximum absolute atomic E-state index is 13.2. The number of sulfonamides is 1. The van der Waals surface area contributed by atoms with Crippen LogP contribution in [0, 0.1) is 5.82 Å². The molecule has 2 amide bonds. The van der Waals surface area contributed by atoms with Crippen LogP contribution in [-0.4, -0.2) is 54.3 Å². The zero-order valence-corrected chi connectivity index (χ0v) is 18.2. The van der Waals surface area contributed by atoms with Crippen LogP contribution in [0.25, 0.3) is 11.4 Å². The van der Waals surface area contributed by atoms with Crippen LogP contribution < -0.4 is 15.2 Å². The summed E-state index contributed by atoms with van der Waals surface area (Å²) in [6.45, 7) is 1.02. The number of primary amides is 1. The molecule has 0 bridgehead atoms. The molecule has 1 atom stereocenters. The van der Waals surface area contributed by atoms with E-state index in [9.17, 15) is 22.4 Å². The van der Waals surface area contributed by atoms with E-state index in [1.807, 2.05) is 0 Å². The van der Waals surface area contributed by atoms with Crippen molar-refractivity contribution in [2.75, 3.05) is 13.7 Å². The van der Waals surface area contributed by atoms with Crippen LogP contribution >= 0.6 is 0 Å². The zero-order chi connectivity index (χ0) is 24.2. The molecule has 3 rings (SSSR count). The van der Waals surface area contributed by atoms with E-state index in [0.717, 1.165) is 5.56 Å². The summed E-state index contributed by atoms with van der Waals surface area (Å²) in [6, 6.07) is 9.45. The molecule has 0 spiro atoms. The van der Waals surface area contributed by atoms with Crippen LogP contribution in [-0.2, 0) is 19.6 Å². The molecule has 0 aliphatic carbocycles. The summed E-state index contributed by atoms with van der Waals surface area (Å²) in [5, 5.41) is 12.3. The fourth-order valence-electron chi connectivity index (χ4n) is 2.74. The minimum atomic E-state index is -4.39. The highest BCUT2D eigenvalue weighted by molar-refractivity contribution is 7.90. The molecular weight excluding hydrogens is 459 g/mol. The lowest BCUT2D eigenvalue weighted by atomic mass is 10.1. The van der Waals surface area contributed by atoms with E-state index in [4.69, 9.17) is 10.5 Å². The molecule has 0 aliphatic rings. The van der Waals surface area contributed by atoms with Gasteiger partial charge >= 0.3 is 6.09 Å². The first-order valence-electron chi connectivity index (χ1n) is 9.32. The predicted molar refractivity (Wildman–Crippen MR) is 111 cm³/mol. The first kappa shape index (κ1) is 23.6. The van der Waals surface area contributed by atoms with E-state index in [2.05, 4.69) is 20.1 Å². The Morgan fingerprint density at radius 2 is 1.91 bits per heavy atom. The Balaban J connectivity index is 1.83. The van der Waals surface area contributed by atoms with Gasteiger partial charge in [-0.2, -0.15) is 4.80 Å². The molecule has 0 fully saturated rings. The van der Waals surface area contributed by atoms with E-state index in [0.29, 0.717) is 5.56 Å². The molecule has 1 unspecified atom stereocenters. The molecule has 3 N–H and O–H groups in total. The molecule has 1 aromatic heterocycles. The Labute approximate surface area is 187 Å². The molecule has 174 valence electrons. The van der Waals surface area contributed by atoms with Gasteiger partial charge in [0.05, 0.1) is 13.2 Å². The van der Waals surface area contributed by atoms with Crippen molar-refractivity contribution in [3.05, 3.63) is 53.8 Å². The quantitative estimate of drug-likeness (QED) is 0.479. The number of benzene rings is 2. The molecule has 0 aliphatic heterocycles. The first-order chi connectivity index (χ1) is 15.6. The number of methoxy groups -OCH3 is 1. The number of ether oxygens (including phenoxy) is 2. The number of aromatic nitrogens is 4. The molecule has 1 heterocycles. The molecule has 3 aromatic rings. The molecule has 0 saturated heterocycles. The molecule has 0 saturated carbocycles. The number of halogens is 1. The Hall–Kier alpha value is -4.07. The largest absolute Gasteiger partial charge is 0.495 e. The summed E-state index contributed by atoms with van der Waals surface area (Å²) < 4.78 is 49.4. The second-order valence-electron chi connectivity index (χ2n) is 6.67. The van der Waals surface area contributed by atoms with Gasteiger partial charge in [0.15, 0.2) is 6.61 Å². The van der Waals surface area contributed by atoms with Gasteiger partial charge in [0.2, 0.25) is 5.82 Å². The standard InChI is InChI=1S/C19H19FN6O6S/c1-11(12-3-6-14(20)7-4-12)26-23-18(22-25-26)13-5-8-16(15(9-13)31-2)33(29,30)24-19(28)32-10-17(21)27/h3-9,11H,10H2,1-2H3,(H2,21,27)(H,24,28). The number of nitrogens with one attached hydrogen (secondary N) is 1. The lowest BCUT2D eigenvalue weighted by Crippen LogP contribution is -2.33. The first-order valence-corrected chi connectivity index (χ1v) is 10.8. The summed E-state index contributed by atoms with van der Waals surface area (Å²) in [7, 11) is -3.15. The van der Waals surface area contributed by atoms with Crippen LogP contribution in [0.1, 0.15) is 18.5 Å². The monoisotopic (exact) mass is 478 g/mol. The highest BCUT2D eigenvalue weighted by Crippen LogP contribution is 2.29. The average molecular weight is 478 g/mol. The summed E-state index contributed by atoms with van der Waals surface area (Å²) in [5.41, 5.74) is 5.99. The van der Waals surface area contributed by atoms with Crippen molar-refractivity contribution in [3.63, 3.8) is 0 Å². The van der Waals surface area contributed by atoms with Crippen LogP contribution in [0.5, 0.6) is 5.75 Å². The van der Waals surface area contributed by atoms with Crippen LogP contribution in [0.4, 0.5) is 9.18 Å². The van der Waals surface area contributed by atoms with Crippen molar-refractivity contribution in [1.82, 2.24) is 24.9 Å². The van der Waals surface area contributed by atoms with Gasteiger partial charge in [-0.1, -0.05) is 12.1 Å². The van der Waals surface area contributed by atoms with Crippen LogP contribution in [0.15, 0.2) is 47.4 Å².